The van der Waals surface area contributed by atoms with Crippen LogP contribution in [-0.2, 0) is 14.3 Å². The molecule has 2 amide bonds. The fourth-order valence-corrected chi connectivity index (χ4v) is 1.86. The van der Waals surface area contributed by atoms with E-state index in [1.165, 1.54) is 13.2 Å². The number of methoxy groups -OCH3 is 1. The first kappa shape index (κ1) is 15.0. The van der Waals surface area contributed by atoms with Crippen molar-refractivity contribution >= 4 is 17.5 Å². The number of nitrogens with zero attached hydrogens (tertiary/aromatic N) is 1. The minimum atomic E-state index is -0.461. The second-order valence-corrected chi connectivity index (χ2v) is 4.28. The molecule has 0 atom stereocenters. The van der Waals surface area contributed by atoms with Crippen LogP contribution in [0.2, 0.25) is 0 Å². The van der Waals surface area contributed by atoms with Gasteiger partial charge in [-0.2, -0.15) is 0 Å². The first-order chi connectivity index (χ1) is 10.2. The van der Waals surface area contributed by atoms with Crippen LogP contribution in [0.3, 0.4) is 0 Å². The smallest absolute Gasteiger partial charge is 0.277 e. The molecule has 7 heteroatoms. The van der Waals surface area contributed by atoms with Crippen LogP contribution in [-0.4, -0.2) is 48.9 Å². The van der Waals surface area contributed by atoms with E-state index >= 15 is 0 Å². The number of aliphatic hydroxyl groups excluding tert-OH is 1. The Morgan fingerprint density at radius 3 is 2.86 bits per heavy atom. The maximum absolute atomic E-state index is 12.0. The van der Waals surface area contributed by atoms with Gasteiger partial charge in [-0.3, -0.25) is 14.5 Å². The Labute approximate surface area is 121 Å². The Kier molecular flexibility index (Phi) is 4.91. The molecular weight excluding hydrogens is 276 g/mol. The van der Waals surface area contributed by atoms with Crippen LogP contribution in [0.25, 0.3) is 0 Å². The molecule has 2 rings (SSSR count). The Hall–Kier alpha value is -2.38. The molecule has 0 bridgehead atoms. The fraction of sp³-hybridized carbons (Fsp3) is 0.286. The molecule has 1 aromatic carbocycles. The molecule has 0 aromatic heterocycles. The molecule has 0 radical (unpaired) electrons. The number of carbonyl (C=O) groups excluding carboxylic acids is 2. The number of hydrogen-bond acceptors (Lipinski definition) is 6. The number of β-amino-alcohol motifs (C(OH)–C–C–N with tert-alkyl or cyclic N) is 1. The van der Waals surface area contributed by atoms with Gasteiger partial charge in [0.2, 0.25) is 0 Å². The second kappa shape index (κ2) is 6.87. The van der Waals surface area contributed by atoms with Gasteiger partial charge in [0, 0.05) is 24.9 Å². The van der Waals surface area contributed by atoms with Crippen molar-refractivity contribution in [2.75, 3.05) is 32.4 Å². The first-order valence-electron chi connectivity index (χ1n) is 6.33. The monoisotopic (exact) mass is 292 g/mol. The van der Waals surface area contributed by atoms with Crippen LogP contribution in [0, 0.1) is 0 Å². The molecule has 21 heavy (non-hydrogen) atoms. The van der Waals surface area contributed by atoms with Gasteiger partial charge in [0.15, 0.2) is 6.79 Å². The third-order valence-corrected chi connectivity index (χ3v) is 2.79. The fourth-order valence-electron chi connectivity index (χ4n) is 1.86. The molecule has 2 N–H and O–H groups in total. The Balaban J connectivity index is 2.07. The predicted molar refractivity (Wildman–Crippen MR) is 74.5 cm³/mol. The normalized spacial score (nSPS) is 14.4. The van der Waals surface area contributed by atoms with E-state index in [0.717, 1.165) is 4.90 Å². The molecule has 0 saturated carbocycles. The van der Waals surface area contributed by atoms with Crippen molar-refractivity contribution in [1.29, 1.82) is 0 Å². The number of nitrogens with one attached hydrogen (secondary N) is 1. The van der Waals surface area contributed by atoms with Gasteiger partial charge < -0.3 is 19.9 Å². The van der Waals surface area contributed by atoms with Gasteiger partial charge in [-0.05, 0) is 12.1 Å². The summed E-state index contributed by atoms with van der Waals surface area (Å²) in [7, 11) is 1.52. The van der Waals surface area contributed by atoms with E-state index in [1.807, 2.05) is 0 Å². The van der Waals surface area contributed by atoms with Crippen LogP contribution >= 0.6 is 0 Å². The lowest BCUT2D eigenvalue weighted by atomic mass is 10.3. The summed E-state index contributed by atoms with van der Waals surface area (Å²) in [5.74, 6) is -0.327. The molecule has 1 aliphatic heterocycles. The number of aliphatic hydroxyl groups is 1. The quantitative estimate of drug-likeness (QED) is 0.556. The largest absolute Gasteiger partial charge is 0.467 e. The summed E-state index contributed by atoms with van der Waals surface area (Å²) < 4.78 is 10.1. The summed E-state index contributed by atoms with van der Waals surface area (Å²) in [5, 5.41) is 11.7. The zero-order valence-electron chi connectivity index (χ0n) is 11.5. The highest BCUT2D eigenvalue weighted by atomic mass is 16.7. The Morgan fingerprint density at radius 1 is 1.33 bits per heavy atom. The van der Waals surface area contributed by atoms with Crippen LogP contribution in [0.15, 0.2) is 36.0 Å². The number of anilines is 1. The number of carbonyl (C=O) groups is 2. The minimum absolute atomic E-state index is 0.0175. The van der Waals surface area contributed by atoms with E-state index < -0.39 is 11.8 Å². The van der Waals surface area contributed by atoms with Gasteiger partial charge in [0.05, 0.1) is 13.2 Å². The summed E-state index contributed by atoms with van der Waals surface area (Å²) in [4.78, 5) is 24.6. The molecule has 1 heterocycles. The third kappa shape index (κ3) is 3.59. The molecule has 0 saturated heterocycles. The van der Waals surface area contributed by atoms with Crippen molar-refractivity contribution in [3.05, 3.63) is 36.0 Å². The summed E-state index contributed by atoms with van der Waals surface area (Å²) in [6, 6.07) is 6.93. The van der Waals surface area contributed by atoms with Crippen LogP contribution in [0.1, 0.15) is 0 Å². The van der Waals surface area contributed by atoms with Crippen molar-refractivity contribution in [2.24, 2.45) is 0 Å². The van der Waals surface area contributed by atoms with Crippen LogP contribution in [0.4, 0.5) is 5.69 Å². The molecule has 1 aromatic rings. The maximum atomic E-state index is 12.0. The SMILES string of the molecule is COCOc1cccc(NC2=CC(=O)N(CCO)C2=O)c1. The summed E-state index contributed by atoms with van der Waals surface area (Å²) in [6.07, 6.45) is 1.21. The molecule has 0 fully saturated rings. The number of hydrogen-bond donors (Lipinski definition) is 2. The first-order valence-corrected chi connectivity index (χ1v) is 6.33. The number of rotatable bonds is 7. The molecule has 112 valence electrons. The molecule has 7 nitrogen and oxygen atoms in total. The number of ether oxygens (including phenoxy) is 2. The molecular formula is C14H16N2O5. The van der Waals surface area contributed by atoms with Crippen molar-refractivity contribution in [3.8, 4) is 5.75 Å². The van der Waals surface area contributed by atoms with E-state index in [2.05, 4.69) is 5.32 Å². The lowest BCUT2D eigenvalue weighted by Crippen LogP contribution is -2.34. The Bertz CT molecular complexity index is 570. The van der Waals surface area contributed by atoms with Gasteiger partial charge in [0.1, 0.15) is 11.4 Å². The summed E-state index contributed by atoms with van der Waals surface area (Å²) in [5.41, 5.74) is 0.777. The topological polar surface area (TPSA) is 88.1 Å². The van der Waals surface area contributed by atoms with E-state index in [0.29, 0.717) is 11.4 Å². The molecule has 0 aliphatic carbocycles. The van der Waals surface area contributed by atoms with E-state index in [1.54, 1.807) is 24.3 Å². The van der Waals surface area contributed by atoms with E-state index in [-0.39, 0.29) is 25.6 Å². The van der Waals surface area contributed by atoms with Crippen molar-refractivity contribution in [1.82, 2.24) is 4.90 Å². The van der Waals surface area contributed by atoms with E-state index in [4.69, 9.17) is 14.6 Å². The van der Waals surface area contributed by atoms with Crippen molar-refractivity contribution in [2.45, 2.75) is 0 Å². The molecule has 0 unspecified atom stereocenters. The van der Waals surface area contributed by atoms with Crippen LogP contribution in [0.5, 0.6) is 5.75 Å². The molecule has 1 aliphatic rings. The lowest BCUT2D eigenvalue weighted by molar-refractivity contribution is -0.137. The maximum Gasteiger partial charge on any atom is 0.277 e. The van der Waals surface area contributed by atoms with Gasteiger partial charge in [-0.1, -0.05) is 6.07 Å². The van der Waals surface area contributed by atoms with Crippen molar-refractivity contribution < 1.29 is 24.2 Å². The highest BCUT2D eigenvalue weighted by Crippen LogP contribution is 2.21. The third-order valence-electron chi connectivity index (χ3n) is 2.79. The Morgan fingerprint density at radius 2 is 2.14 bits per heavy atom. The zero-order valence-corrected chi connectivity index (χ0v) is 11.5. The highest BCUT2D eigenvalue weighted by molar-refractivity contribution is 6.17. The number of imide groups is 1. The summed E-state index contributed by atoms with van der Waals surface area (Å²) >= 11 is 0. The number of benzene rings is 1. The lowest BCUT2D eigenvalue weighted by Gasteiger charge is -2.13. The van der Waals surface area contributed by atoms with Gasteiger partial charge in [0.25, 0.3) is 11.8 Å². The van der Waals surface area contributed by atoms with Gasteiger partial charge >= 0.3 is 0 Å². The van der Waals surface area contributed by atoms with Gasteiger partial charge in [-0.15, -0.1) is 0 Å². The van der Waals surface area contributed by atoms with Gasteiger partial charge in [-0.25, -0.2) is 0 Å². The minimum Gasteiger partial charge on any atom is -0.467 e. The average molecular weight is 292 g/mol. The standard InChI is InChI=1S/C14H16N2O5/c1-20-9-21-11-4-2-3-10(7-11)15-12-8-13(18)16(5-6-17)14(12)19/h2-4,7-8,15,17H,5-6,9H2,1H3. The second-order valence-electron chi connectivity index (χ2n) is 4.28. The molecule has 0 spiro atoms. The number of amides is 2. The summed E-state index contributed by atoms with van der Waals surface area (Å²) in [6.45, 7) is -0.164. The highest BCUT2D eigenvalue weighted by Gasteiger charge is 2.30. The van der Waals surface area contributed by atoms with Crippen molar-refractivity contribution in [3.63, 3.8) is 0 Å². The van der Waals surface area contributed by atoms with E-state index in [9.17, 15) is 9.59 Å². The predicted octanol–water partition coefficient (Wildman–Crippen LogP) is 0.326. The van der Waals surface area contributed by atoms with Crippen LogP contribution < -0.4 is 10.1 Å². The average Bonchev–Trinajstić information content (AvgIpc) is 2.73. The zero-order chi connectivity index (χ0) is 15.2.